The Hall–Kier alpha value is -0.580. The molecule has 0 radical (unpaired) electrons. The number of hydrogen-bond acceptors (Lipinski definition) is 3. The van der Waals surface area contributed by atoms with Gasteiger partial charge in [0, 0.05) is 5.02 Å². The van der Waals surface area contributed by atoms with Gasteiger partial charge in [-0.1, -0.05) is 44.0 Å². The molecule has 0 aliphatic rings. The third-order valence-corrected chi connectivity index (χ3v) is 5.35. The number of hydrogen-bond donors (Lipinski definition) is 1. The van der Waals surface area contributed by atoms with E-state index in [9.17, 15) is 8.42 Å². The molecule has 1 rings (SSSR count). The Kier molecular flexibility index (Phi) is 6.49. The van der Waals surface area contributed by atoms with Crippen LogP contribution in [0.3, 0.4) is 0 Å². The van der Waals surface area contributed by atoms with Crippen LogP contribution in [0.1, 0.15) is 38.7 Å². The van der Waals surface area contributed by atoms with Crippen molar-refractivity contribution >= 4 is 21.4 Å². The highest BCUT2D eigenvalue weighted by molar-refractivity contribution is 7.90. The number of sulfone groups is 1. The van der Waals surface area contributed by atoms with Gasteiger partial charge in [-0.25, -0.2) is 8.42 Å². The summed E-state index contributed by atoms with van der Waals surface area (Å²) >= 11 is 5.78. The molecule has 1 aromatic rings. The zero-order chi connectivity index (χ0) is 15.2. The SMILES string of the molecule is CC(C)(CN)CCCCS(=O)(=O)Cc1ccc(Cl)cc1. The molecule has 114 valence electrons. The maximum atomic E-state index is 12.0. The van der Waals surface area contributed by atoms with Gasteiger partial charge in [-0.2, -0.15) is 0 Å². The summed E-state index contributed by atoms with van der Waals surface area (Å²) in [6.07, 6.45) is 2.55. The van der Waals surface area contributed by atoms with Crippen LogP contribution in [0.5, 0.6) is 0 Å². The van der Waals surface area contributed by atoms with E-state index in [2.05, 4.69) is 13.8 Å². The third-order valence-electron chi connectivity index (χ3n) is 3.41. The van der Waals surface area contributed by atoms with E-state index in [1.54, 1.807) is 24.3 Å². The average molecular weight is 318 g/mol. The molecule has 0 fully saturated rings. The smallest absolute Gasteiger partial charge is 0.154 e. The topological polar surface area (TPSA) is 60.2 Å². The number of rotatable bonds is 8. The summed E-state index contributed by atoms with van der Waals surface area (Å²) in [5.41, 5.74) is 6.55. The van der Waals surface area contributed by atoms with Crippen LogP contribution in [0.15, 0.2) is 24.3 Å². The summed E-state index contributed by atoms with van der Waals surface area (Å²) in [6.45, 7) is 4.84. The minimum Gasteiger partial charge on any atom is -0.330 e. The molecular formula is C15H24ClNO2S. The molecule has 0 heterocycles. The standard InChI is InChI=1S/C15H24ClNO2S/c1-15(2,12-17)9-3-4-10-20(18,19)11-13-5-7-14(16)8-6-13/h5-8H,3-4,9-12,17H2,1-2H3. The molecule has 1 aromatic carbocycles. The second-order valence-corrected chi connectivity index (χ2v) is 8.66. The lowest BCUT2D eigenvalue weighted by Gasteiger charge is -2.21. The van der Waals surface area contributed by atoms with E-state index in [4.69, 9.17) is 17.3 Å². The number of nitrogens with two attached hydrogens (primary N) is 1. The molecule has 0 atom stereocenters. The number of benzene rings is 1. The lowest BCUT2D eigenvalue weighted by molar-refractivity contribution is 0.335. The van der Waals surface area contributed by atoms with Crippen molar-refractivity contribution in [1.82, 2.24) is 0 Å². The molecule has 2 N–H and O–H groups in total. The first-order valence-corrected chi connectivity index (χ1v) is 9.09. The average Bonchev–Trinajstić information content (AvgIpc) is 2.37. The lowest BCUT2D eigenvalue weighted by atomic mass is 9.88. The highest BCUT2D eigenvalue weighted by Gasteiger charge is 2.16. The van der Waals surface area contributed by atoms with Crippen LogP contribution in [0.4, 0.5) is 0 Å². The number of unbranched alkanes of at least 4 members (excludes halogenated alkanes) is 1. The van der Waals surface area contributed by atoms with Crippen LogP contribution in [0, 0.1) is 5.41 Å². The fourth-order valence-electron chi connectivity index (χ4n) is 1.93. The van der Waals surface area contributed by atoms with Crippen molar-refractivity contribution in [3.8, 4) is 0 Å². The summed E-state index contributed by atoms with van der Waals surface area (Å²) in [5, 5.41) is 0.621. The van der Waals surface area contributed by atoms with E-state index in [0.717, 1.165) is 18.4 Å². The van der Waals surface area contributed by atoms with Crippen molar-refractivity contribution in [3.63, 3.8) is 0 Å². The van der Waals surface area contributed by atoms with Gasteiger partial charge in [-0.15, -0.1) is 0 Å². The van der Waals surface area contributed by atoms with E-state index >= 15 is 0 Å². The van der Waals surface area contributed by atoms with Crippen molar-refractivity contribution in [2.24, 2.45) is 11.1 Å². The van der Waals surface area contributed by atoms with E-state index in [1.807, 2.05) is 0 Å². The Morgan fingerprint density at radius 2 is 1.75 bits per heavy atom. The summed E-state index contributed by atoms with van der Waals surface area (Å²) in [7, 11) is -3.05. The molecule has 0 saturated heterocycles. The van der Waals surface area contributed by atoms with E-state index in [1.165, 1.54) is 0 Å². The Bertz CT molecular complexity index is 509. The fourth-order valence-corrected chi connectivity index (χ4v) is 3.55. The van der Waals surface area contributed by atoms with Crippen LogP contribution in [-0.4, -0.2) is 20.7 Å². The van der Waals surface area contributed by atoms with Crippen LogP contribution >= 0.6 is 11.6 Å². The molecule has 0 aromatic heterocycles. The maximum absolute atomic E-state index is 12.0. The number of halogens is 1. The van der Waals surface area contributed by atoms with Crippen LogP contribution < -0.4 is 5.73 Å². The van der Waals surface area contributed by atoms with E-state index < -0.39 is 9.84 Å². The van der Waals surface area contributed by atoms with Gasteiger partial charge in [-0.05, 0) is 42.5 Å². The largest absolute Gasteiger partial charge is 0.330 e. The molecule has 3 nitrogen and oxygen atoms in total. The first-order valence-electron chi connectivity index (χ1n) is 6.89. The van der Waals surface area contributed by atoms with Gasteiger partial charge in [0.05, 0.1) is 11.5 Å². The second-order valence-electron chi connectivity index (χ2n) is 6.04. The zero-order valence-electron chi connectivity index (χ0n) is 12.2. The van der Waals surface area contributed by atoms with Gasteiger partial charge in [0.25, 0.3) is 0 Å². The van der Waals surface area contributed by atoms with Crippen molar-refractivity contribution in [1.29, 1.82) is 0 Å². The Morgan fingerprint density at radius 3 is 2.30 bits per heavy atom. The molecule has 0 spiro atoms. The van der Waals surface area contributed by atoms with Crippen LogP contribution in [0.25, 0.3) is 0 Å². The van der Waals surface area contributed by atoms with E-state index in [0.29, 0.717) is 18.0 Å². The summed E-state index contributed by atoms with van der Waals surface area (Å²) in [4.78, 5) is 0. The van der Waals surface area contributed by atoms with Gasteiger partial charge in [0.2, 0.25) is 0 Å². The van der Waals surface area contributed by atoms with Gasteiger partial charge in [-0.3, -0.25) is 0 Å². The van der Waals surface area contributed by atoms with Crippen molar-refractivity contribution in [2.45, 2.75) is 38.9 Å². The summed E-state index contributed by atoms with van der Waals surface area (Å²) < 4.78 is 24.0. The molecule has 0 aliphatic carbocycles. The van der Waals surface area contributed by atoms with Crippen LogP contribution in [-0.2, 0) is 15.6 Å². The highest BCUT2D eigenvalue weighted by Crippen LogP contribution is 2.21. The summed E-state index contributed by atoms with van der Waals surface area (Å²) in [5.74, 6) is 0.320. The molecule has 0 amide bonds. The molecule has 20 heavy (non-hydrogen) atoms. The molecule has 0 saturated carbocycles. The minimum atomic E-state index is -3.05. The quantitative estimate of drug-likeness (QED) is 0.747. The molecular weight excluding hydrogens is 294 g/mol. The van der Waals surface area contributed by atoms with Crippen molar-refractivity contribution in [2.75, 3.05) is 12.3 Å². The predicted octanol–water partition coefficient (Wildman–Crippen LogP) is 3.41. The fraction of sp³-hybridized carbons (Fsp3) is 0.600. The first kappa shape index (κ1) is 17.5. The Labute approximate surface area is 127 Å². The molecule has 0 bridgehead atoms. The van der Waals surface area contributed by atoms with Gasteiger partial charge in [0.15, 0.2) is 9.84 Å². The molecule has 0 aliphatic heterocycles. The maximum Gasteiger partial charge on any atom is 0.154 e. The van der Waals surface area contributed by atoms with E-state index in [-0.39, 0.29) is 16.9 Å². The molecule has 5 heteroatoms. The molecule has 0 unspecified atom stereocenters. The van der Waals surface area contributed by atoms with Crippen molar-refractivity contribution < 1.29 is 8.42 Å². The van der Waals surface area contributed by atoms with Crippen LogP contribution in [0.2, 0.25) is 5.02 Å². The first-order chi connectivity index (χ1) is 9.24. The van der Waals surface area contributed by atoms with Gasteiger partial charge < -0.3 is 5.73 Å². The normalized spacial score (nSPS) is 12.6. The van der Waals surface area contributed by atoms with Gasteiger partial charge >= 0.3 is 0 Å². The minimum absolute atomic E-state index is 0.0877. The predicted molar refractivity (Wildman–Crippen MR) is 85.6 cm³/mol. The van der Waals surface area contributed by atoms with Gasteiger partial charge in [0.1, 0.15) is 0 Å². The summed E-state index contributed by atoms with van der Waals surface area (Å²) in [6, 6.07) is 6.96. The third kappa shape index (κ3) is 6.73. The lowest BCUT2D eigenvalue weighted by Crippen LogP contribution is -2.23. The second kappa shape index (κ2) is 7.43. The Morgan fingerprint density at radius 1 is 1.15 bits per heavy atom. The monoisotopic (exact) mass is 317 g/mol. The zero-order valence-corrected chi connectivity index (χ0v) is 13.8. The highest BCUT2D eigenvalue weighted by atomic mass is 35.5. The van der Waals surface area contributed by atoms with Crippen molar-refractivity contribution in [3.05, 3.63) is 34.9 Å². The Balaban J connectivity index is 2.40.